The van der Waals surface area contributed by atoms with Crippen molar-refractivity contribution >= 4 is 23.4 Å². The van der Waals surface area contributed by atoms with E-state index in [0.717, 1.165) is 31.4 Å². The summed E-state index contributed by atoms with van der Waals surface area (Å²) in [7, 11) is 0. The molecule has 23 heavy (non-hydrogen) atoms. The van der Waals surface area contributed by atoms with Crippen molar-refractivity contribution in [2.75, 3.05) is 6.61 Å². The Labute approximate surface area is 138 Å². The van der Waals surface area contributed by atoms with Gasteiger partial charge in [-0.25, -0.2) is 9.18 Å². The van der Waals surface area contributed by atoms with E-state index in [-0.39, 0.29) is 23.0 Å². The summed E-state index contributed by atoms with van der Waals surface area (Å²) in [6, 6.07) is 8.95. The van der Waals surface area contributed by atoms with E-state index in [0.29, 0.717) is 5.56 Å². The van der Waals surface area contributed by atoms with Crippen LogP contribution in [0.2, 0.25) is 5.02 Å². The topological polar surface area (TPSA) is 43.4 Å². The van der Waals surface area contributed by atoms with Crippen LogP contribution in [0.15, 0.2) is 36.4 Å². The number of fused-ring (bicyclic) bond motifs is 1. The summed E-state index contributed by atoms with van der Waals surface area (Å²) in [6.45, 7) is -0.370. The van der Waals surface area contributed by atoms with Crippen molar-refractivity contribution in [3.8, 4) is 0 Å². The number of carbonyl (C=O) groups excluding carboxylic acids is 2. The third kappa shape index (κ3) is 3.42. The van der Waals surface area contributed by atoms with Crippen LogP contribution in [0.4, 0.5) is 4.39 Å². The molecule has 2 aromatic carbocycles. The van der Waals surface area contributed by atoms with Gasteiger partial charge in [0.05, 0.1) is 10.6 Å². The zero-order valence-electron chi connectivity index (χ0n) is 12.3. The van der Waals surface area contributed by atoms with Crippen LogP contribution >= 0.6 is 11.6 Å². The fourth-order valence-electron chi connectivity index (χ4n) is 2.69. The van der Waals surface area contributed by atoms with Crippen LogP contribution in [0.3, 0.4) is 0 Å². The summed E-state index contributed by atoms with van der Waals surface area (Å²) in [5.41, 5.74) is 3.03. The molecule has 0 aliphatic heterocycles. The highest BCUT2D eigenvalue weighted by atomic mass is 35.5. The van der Waals surface area contributed by atoms with E-state index in [1.807, 2.05) is 12.1 Å². The minimum Gasteiger partial charge on any atom is -0.454 e. The molecule has 0 bridgehead atoms. The van der Waals surface area contributed by atoms with Gasteiger partial charge in [0.25, 0.3) is 0 Å². The Balaban J connectivity index is 1.65. The average molecular weight is 333 g/mol. The number of aryl methyl sites for hydroxylation is 2. The van der Waals surface area contributed by atoms with Gasteiger partial charge in [-0.05, 0) is 54.7 Å². The van der Waals surface area contributed by atoms with Gasteiger partial charge < -0.3 is 4.74 Å². The minimum absolute atomic E-state index is 0.0369. The Morgan fingerprint density at radius 2 is 1.87 bits per heavy atom. The van der Waals surface area contributed by atoms with Crippen LogP contribution in [0.25, 0.3) is 0 Å². The van der Waals surface area contributed by atoms with Crippen LogP contribution in [0.1, 0.15) is 38.3 Å². The van der Waals surface area contributed by atoms with Gasteiger partial charge in [0.2, 0.25) is 0 Å². The van der Waals surface area contributed by atoms with Crippen LogP contribution in [-0.2, 0) is 17.6 Å². The Kier molecular flexibility index (Phi) is 4.44. The maximum absolute atomic E-state index is 13.0. The maximum Gasteiger partial charge on any atom is 0.340 e. The van der Waals surface area contributed by atoms with Crippen molar-refractivity contribution in [1.29, 1.82) is 0 Å². The second-order valence-electron chi connectivity index (χ2n) is 5.46. The van der Waals surface area contributed by atoms with E-state index >= 15 is 0 Å². The molecule has 3 nitrogen and oxygen atoms in total. The van der Waals surface area contributed by atoms with E-state index in [1.54, 1.807) is 6.07 Å². The fraction of sp³-hybridized carbons (Fsp3) is 0.222. The third-order valence-electron chi connectivity index (χ3n) is 3.91. The second-order valence-corrected chi connectivity index (χ2v) is 5.87. The van der Waals surface area contributed by atoms with Gasteiger partial charge in [0.1, 0.15) is 5.82 Å². The molecule has 2 aromatic rings. The van der Waals surface area contributed by atoms with E-state index in [9.17, 15) is 14.0 Å². The Bertz CT molecular complexity index is 786. The number of hydrogen-bond acceptors (Lipinski definition) is 3. The highest BCUT2D eigenvalue weighted by Gasteiger charge is 2.17. The summed E-state index contributed by atoms with van der Waals surface area (Å²) in [6.07, 6.45) is 3.12. The van der Waals surface area contributed by atoms with Gasteiger partial charge >= 0.3 is 5.97 Å². The first-order chi connectivity index (χ1) is 11.0. The van der Waals surface area contributed by atoms with E-state index in [1.165, 1.54) is 17.2 Å². The maximum atomic E-state index is 13.0. The van der Waals surface area contributed by atoms with Gasteiger partial charge in [-0.15, -0.1) is 0 Å². The number of rotatable bonds is 4. The molecule has 0 radical (unpaired) electrons. The smallest absolute Gasteiger partial charge is 0.340 e. The number of Topliss-reactive ketones (excluding diaryl/α,β-unsaturated/α-hetero) is 1. The van der Waals surface area contributed by atoms with Gasteiger partial charge in [0, 0.05) is 5.56 Å². The number of ether oxygens (including phenoxy) is 1. The number of ketones is 1. The molecule has 0 heterocycles. The molecule has 0 saturated heterocycles. The molecule has 118 valence electrons. The predicted molar refractivity (Wildman–Crippen MR) is 84.5 cm³/mol. The number of hydrogen-bond donors (Lipinski definition) is 0. The highest BCUT2D eigenvalue weighted by Crippen LogP contribution is 2.23. The molecular formula is C18H14ClFO3. The second kappa shape index (κ2) is 6.50. The molecule has 0 N–H and O–H groups in total. The quantitative estimate of drug-likeness (QED) is 0.627. The summed E-state index contributed by atoms with van der Waals surface area (Å²) >= 11 is 5.79. The number of halogens is 2. The van der Waals surface area contributed by atoms with E-state index in [4.69, 9.17) is 16.3 Å². The van der Waals surface area contributed by atoms with Gasteiger partial charge in [-0.2, -0.15) is 0 Å². The predicted octanol–water partition coefficient (Wildman–Crippen LogP) is 4.01. The molecule has 0 fully saturated rings. The number of esters is 1. The first kappa shape index (κ1) is 15.7. The Morgan fingerprint density at radius 3 is 2.65 bits per heavy atom. The van der Waals surface area contributed by atoms with Gasteiger partial charge in [0.15, 0.2) is 12.4 Å². The zero-order valence-corrected chi connectivity index (χ0v) is 13.0. The van der Waals surface area contributed by atoms with Crippen molar-refractivity contribution in [2.45, 2.75) is 19.3 Å². The molecule has 1 aliphatic carbocycles. The molecule has 0 amide bonds. The van der Waals surface area contributed by atoms with Crippen LogP contribution in [-0.4, -0.2) is 18.4 Å². The zero-order chi connectivity index (χ0) is 16.4. The van der Waals surface area contributed by atoms with Crippen molar-refractivity contribution in [1.82, 2.24) is 0 Å². The summed E-state index contributed by atoms with van der Waals surface area (Å²) in [5.74, 6) is -1.56. The molecule has 5 heteroatoms. The number of carbonyl (C=O) groups is 2. The van der Waals surface area contributed by atoms with Crippen LogP contribution < -0.4 is 0 Å². The van der Waals surface area contributed by atoms with Crippen LogP contribution in [0.5, 0.6) is 0 Å². The molecule has 3 rings (SSSR count). The SMILES string of the molecule is O=C(COC(=O)c1ccc(F)cc1Cl)c1ccc2c(c1)CCC2. The average Bonchev–Trinajstić information content (AvgIpc) is 2.99. The first-order valence-electron chi connectivity index (χ1n) is 7.32. The number of benzene rings is 2. The standard InChI is InChI=1S/C18H14ClFO3/c19-16-9-14(20)6-7-15(16)18(22)23-10-17(21)13-5-4-11-2-1-3-12(11)8-13/h4-9H,1-3,10H2. The van der Waals surface area contributed by atoms with Crippen LogP contribution in [0, 0.1) is 5.82 Å². The summed E-state index contributed by atoms with van der Waals surface area (Å²) in [5, 5.41) is -0.0417. The van der Waals surface area contributed by atoms with Crippen molar-refractivity contribution in [3.63, 3.8) is 0 Å². The van der Waals surface area contributed by atoms with E-state index < -0.39 is 11.8 Å². The van der Waals surface area contributed by atoms with Gasteiger partial charge in [-0.1, -0.05) is 23.7 Å². The molecule has 0 spiro atoms. The molecule has 1 aliphatic rings. The summed E-state index contributed by atoms with van der Waals surface area (Å²) < 4.78 is 18.0. The van der Waals surface area contributed by atoms with Crippen molar-refractivity contribution in [3.05, 3.63) is 69.5 Å². The molecule has 0 unspecified atom stereocenters. The first-order valence-corrected chi connectivity index (χ1v) is 7.69. The lowest BCUT2D eigenvalue weighted by Gasteiger charge is -2.07. The van der Waals surface area contributed by atoms with Crippen molar-refractivity contribution in [2.24, 2.45) is 0 Å². The lowest BCUT2D eigenvalue weighted by atomic mass is 10.0. The lowest BCUT2D eigenvalue weighted by Crippen LogP contribution is -2.15. The molecule has 0 saturated carbocycles. The third-order valence-corrected chi connectivity index (χ3v) is 4.22. The fourth-order valence-corrected chi connectivity index (χ4v) is 2.94. The molecular weight excluding hydrogens is 319 g/mol. The normalized spacial score (nSPS) is 12.8. The van der Waals surface area contributed by atoms with Crippen molar-refractivity contribution < 1.29 is 18.7 Å². The molecule has 0 atom stereocenters. The Hall–Kier alpha value is -2.20. The van der Waals surface area contributed by atoms with Gasteiger partial charge in [-0.3, -0.25) is 4.79 Å². The highest BCUT2D eigenvalue weighted by molar-refractivity contribution is 6.33. The van der Waals surface area contributed by atoms with E-state index in [2.05, 4.69) is 0 Å². The molecule has 0 aromatic heterocycles. The largest absolute Gasteiger partial charge is 0.454 e. The summed E-state index contributed by atoms with van der Waals surface area (Å²) in [4.78, 5) is 24.1. The lowest BCUT2D eigenvalue weighted by molar-refractivity contribution is 0.0475. The minimum atomic E-state index is -0.746. The monoisotopic (exact) mass is 332 g/mol. The Morgan fingerprint density at radius 1 is 1.09 bits per heavy atom.